The van der Waals surface area contributed by atoms with Crippen LogP contribution in [-0.2, 0) is 4.79 Å². The van der Waals surface area contributed by atoms with Gasteiger partial charge in [-0.1, -0.05) is 31.5 Å². The standard InChI is InChI=1S/C14H16N2O2/c1-2-6-11(10-15)9-13(17)16-14(18)12-7-4-3-5-8-12/h3-5,7-8,11H,2,6,9H2,1H3,(H,16,17,18). The van der Waals surface area contributed by atoms with E-state index in [0.29, 0.717) is 12.0 Å². The van der Waals surface area contributed by atoms with Gasteiger partial charge >= 0.3 is 0 Å². The molecular weight excluding hydrogens is 228 g/mol. The number of nitriles is 1. The minimum Gasteiger partial charge on any atom is -0.292 e. The molecule has 0 fully saturated rings. The Morgan fingerprint density at radius 1 is 1.33 bits per heavy atom. The lowest BCUT2D eigenvalue weighted by atomic mass is 10.0. The minimum absolute atomic E-state index is 0.0723. The number of benzene rings is 1. The van der Waals surface area contributed by atoms with Crippen molar-refractivity contribution in [3.05, 3.63) is 35.9 Å². The van der Waals surface area contributed by atoms with Gasteiger partial charge < -0.3 is 0 Å². The van der Waals surface area contributed by atoms with Crippen LogP contribution in [0.2, 0.25) is 0 Å². The van der Waals surface area contributed by atoms with Crippen LogP contribution >= 0.6 is 0 Å². The van der Waals surface area contributed by atoms with Gasteiger partial charge in [0, 0.05) is 12.0 Å². The van der Waals surface area contributed by atoms with Crippen molar-refractivity contribution in [1.29, 1.82) is 5.26 Å². The zero-order chi connectivity index (χ0) is 13.4. The topological polar surface area (TPSA) is 70.0 Å². The van der Waals surface area contributed by atoms with Crippen molar-refractivity contribution in [1.82, 2.24) is 5.32 Å². The Hall–Kier alpha value is -2.15. The quantitative estimate of drug-likeness (QED) is 0.863. The molecule has 18 heavy (non-hydrogen) atoms. The predicted molar refractivity (Wildman–Crippen MR) is 67.5 cm³/mol. The summed E-state index contributed by atoms with van der Waals surface area (Å²) >= 11 is 0. The van der Waals surface area contributed by atoms with E-state index in [9.17, 15) is 9.59 Å². The van der Waals surface area contributed by atoms with Crippen LogP contribution in [0.15, 0.2) is 30.3 Å². The first-order chi connectivity index (χ1) is 8.67. The first-order valence-corrected chi connectivity index (χ1v) is 5.96. The average Bonchev–Trinajstić information content (AvgIpc) is 2.39. The van der Waals surface area contributed by atoms with E-state index in [1.54, 1.807) is 30.3 Å². The van der Waals surface area contributed by atoms with E-state index in [1.807, 2.05) is 6.92 Å². The lowest BCUT2D eigenvalue weighted by molar-refractivity contribution is -0.120. The molecule has 0 aliphatic rings. The summed E-state index contributed by atoms with van der Waals surface area (Å²) in [6, 6.07) is 10.6. The van der Waals surface area contributed by atoms with E-state index in [1.165, 1.54) is 0 Å². The van der Waals surface area contributed by atoms with Crippen molar-refractivity contribution in [3.63, 3.8) is 0 Å². The fraction of sp³-hybridized carbons (Fsp3) is 0.357. The highest BCUT2D eigenvalue weighted by atomic mass is 16.2. The van der Waals surface area contributed by atoms with Crippen LogP contribution in [0.5, 0.6) is 0 Å². The van der Waals surface area contributed by atoms with Gasteiger partial charge in [-0.05, 0) is 18.6 Å². The Kier molecular flexibility index (Phi) is 5.59. The van der Waals surface area contributed by atoms with Crippen LogP contribution in [-0.4, -0.2) is 11.8 Å². The van der Waals surface area contributed by atoms with Gasteiger partial charge in [-0.3, -0.25) is 14.9 Å². The van der Waals surface area contributed by atoms with E-state index in [-0.39, 0.29) is 12.3 Å². The molecule has 0 saturated heterocycles. The zero-order valence-electron chi connectivity index (χ0n) is 10.3. The van der Waals surface area contributed by atoms with E-state index >= 15 is 0 Å². The van der Waals surface area contributed by atoms with Crippen LogP contribution in [0.4, 0.5) is 0 Å². The molecule has 4 nitrogen and oxygen atoms in total. The van der Waals surface area contributed by atoms with Gasteiger partial charge in [0.25, 0.3) is 5.91 Å². The molecule has 1 aromatic rings. The monoisotopic (exact) mass is 244 g/mol. The average molecular weight is 244 g/mol. The lowest BCUT2D eigenvalue weighted by Gasteiger charge is -2.07. The van der Waals surface area contributed by atoms with Crippen molar-refractivity contribution in [2.24, 2.45) is 5.92 Å². The lowest BCUT2D eigenvalue weighted by Crippen LogP contribution is -2.31. The third-order valence-corrected chi connectivity index (χ3v) is 2.54. The maximum absolute atomic E-state index is 11.7. The molecule has 1 unspecified atom stereocenters. The molecule has 1 rings (SSSR count). The van der Waals surface area contributed by atoms with Crippen molar-refractivity contribution < 1.29 is 9.59 Å². The highest BCUT2D eigenvalue weighted by molar-refractivity contribution is 6.04. The second-order valence-corrected chi connectivity index (χ2v) is 4.06. The van der Waals surface area contributed by atoms with E-state index in [4.69, 9.17) is 5.26 Å². The smallest absolute Gasteiger partial charge is 0.257 e. The van der Waals surface area contributed by atoms with Gasteiger partial charge in [-0.2, -0.15) is 5.26 Å². The second kappa shape index (κ2) is 7.23. The summed E-state index contributed by atoms with van der Waals surface area (Å²) in [6.45, 7) is 1.96. The van der Waals surface area contributed by atoms with Crippen molar-refractivity contribution >= 4 is 11.8 Å². The maximum atomic E-state index is 11.7. The third kappa shape index (κ3) is 4.38. The van der Waals surface area contributed by atoms with Crippen LogP contribution in [0.3, 0.4) is 0 Å². The highest BCUT2D eigenvalue weighted by Gasteiger charge is 2.15. The van der Waals surface area contributed by atoms with Crippen LogP contribution < -0.4 is 5.32 Å². The molecule has 4 heteroatoms. The number of hydrogen-bond acceptors (Lipinski definition) is 3. The molecule has 0 aliphatic carbocycles. The molecule has 2 amide bonds. The van der Waals surface area contributed by atoms with Crippen LogP contribution in [0, 0.1) is 17.2 Å². The molecule has 94 valence electrons. The SMILES string of the molecule is CCCC(C#N)CC(=O)NC(=O)c1ccccc1. The number of hydrogen-bond donors (Lipinski definition) is 1. The first-order valence-electron chi connectivity index (χ1n) is 5.96. The molecular formula is C14H16N2O2. The summed E-state index contributed by atoms with van der Waals surface area (Å²) < 4.78 is 0. The number of amides is 2. The van der Waals surface area contributed by atoms with E-state index < -0.39 is 11.8 Å². The Morgan fingerprint density at radius 2 is 2.00 bits per heavy atom. The Bertz CT molecular complexity index is 449. The zero-order valence-corrected chi connectivity index (χ0v) is 10.3. The molecule has 1 aromatic carbocycles. The summed E-state index contributed by atoms with van der Waals surface area (Å²) in [5, 5.41) is 11.1. The van der Waals surface area contributed by atoms with Crippen molar-refractivity contribution in [2.75, 3.05) is 0 Å². The molecule has 0 aromatic heterocycles. The normalized spacial score (nSPS) is 11.3. The largest absolute Gasteiger partial charge is 0.292 e. The molecule has 0 spiro atoms. The number of imide groups is 1. The Balaban J connectivity index is 2.51. The van der Waals surface area contributed by atoms with Gasteiger partial charge in [-0.25, -0.2) is 0 Å². The fourth-order valence-corrected chi connectivity index (χ4v) is 1.62. The molecule has 0 saturated carbocycles. The molecule has 0 aliphatic heterocycles. The summed E-state index contributed by atoms with van der Waals surface area (Å²) in [5.41, 5.74) is 0.440. The molecule has 0 radical (unpaired) electrons. The Morgan fingerprint density at radius 3 is 2.56 bits per heavy atom. The van der Waals surface area contributed by atoms with Gasteiger partial charge in [0.1, 0.15) is 0 Å². The van der Waals surface area contributed by atoms with Crippen molar-refractivity contribution in [2.45, 2.75) is 26.2 Å². The first kappa shape index (κ1) is 13.9. The summed E-state index contributed by atoms with van der Waals surface area (Å²) in [7, 11) is 0. The van der Waals surface area contributed by atoms with E-state index in [2.05, 4.69) is 11.4 Å². The summed E-state index contributed by atoms with van der Waals surface area (Å²) in [6.07, 6.45) is 1.59. The van der Waals surface area contributed by atoms with Gasteiger partial charge in [0.15, 0.2) is 0 Å². The molecule has 1 N–H and O–H groups in total. The number of nitrogens with one attached hydrogen (secondary N) is 1. The summed E-state index contributed by atoms with van der Waals surface area (Å²) in [5.74, 6) is -1.14. The maximum Gasteiger partial charge on any atom is 0.257 e. The van der Waals surface area contributed by atoms with Crippen molar-refractivity contribution in [3.8, 4) is 6.07 Å². The molecule has 1 atom stereocenters. The highest BCUT2D eigenvalue weighted by Crippen LogP contribution is 2.09. The van der Waals surface area contributed by atoms with Crippen LogP contribution in [0.25, 0.3) is 0 Å². The number of carbonyl (C=O) groups excluding carboxylic acids is 2. The van der Waals surface area contributed by atoms with Crippen LogP contribution in [0.1, 0.15) is 36.5 Å². The van der Waals surface area contributed by atoms with Gasteiger partial charge in [0.05, 0.1) is 12.0 Å². The third-order valence-electron chi connectivity index (χ3n) is 2.54. The number of carbonyl (C=O) groups is 2. The summed E-state index contributed by atoms with van der Waals surface area (Å²) in [4.78, 5) is 23.3. The number of rotatable bonds is 5. The van der Waals surface area contributed by atoms with E-state index in [0.717, 1.165) is 6.42 Å². The fourth-order valence-electron chi connectivity index (χ4n) is 1.62. The predicted octanol–water partition coefficient (Wildman–Crippen LogP) is 2.27. The Labute approximate surface area is 107 Å². The second-order valence-electron chi connectivity index (χ2n) is 4.06. The molecule has 0 bridgehead atoms. The molecule has 0 heterocycles. The minimum atomic E-state index is -0.422. The van der Waals surface area contributed by atoms with Gasteiger partial charge in [0.2, 0.25) is 5.91 Å². The van der Waals surface area contributed by atoms with Gasteiger partial charge in [-0.15, -0.1) is 0 Å². The number of nitrogens with zero attached hydrogens (tertiary/aromatic N) is 1.